The van der Waals surface area contributed by atoms with E-state index < -0.39 is 0 Å². The van der Waals surface area contributed by atoms with Crippen LogP contribution in [0.1, 0.15) is 0 Å². The summed E-state index contributed by atoms with van der Waals surface area (Å²) < 4.78 is 0. The Balaban J connectivity index is 0. The quantitative estimate of drug-likeness (QED) is 0.547. The summed E-state index contributed by atoms with van der Waals surface area (Å²) in [5.74, 6) is 0. The SMILES string of the molecule is [Co].[Mo].[Ni].[Zn]. The first-order valence-electron chi connectivity index (χ1n) is 0. The zero-order chi connectivity index (χ0) is 0. The molecule has 0 nitrogen and oxygen atoms in total. The summed E-state index contributed by atoms with van der Waals surface area (Å²) in [5.41, 5.74) is 0. The van der Waals surface area contributed by atoms with Gasteiger partial charge in [0, 0.05) is 73.8 Å². The molecule has 0 aliphatic carbocycles. The fourth-order valence-electron chi connectivity index (χ4n) is 0. The predicted octanol–water partition coefficient (Wildman–Crippen LogP) is -0.0100. The van der Waals surface area contributed by atoms with Gasteiger partial charge in [0.1, 0.15) is 0 Å². The second-order valence-corrected chi connectivity index (χ2v) is 0. The first-order valence-corrected chi connectivity index (χ1v) is 0. The van der Waals surface area contributed by atoms with E-state index in [0.29, 0.717) is 0 Å². The minimum absolute atomic E-state index is 0. The Kier molecular flexibility index (Phi) is 154. The molecule has 0 saturated heterocycles. The largest absolute Gasteiger partial charge is 0 e. The third kappa shape index (κ3) is 8.85. The average molecular weight is 279 g/mol. The minimum atomic E-state index is 0. The second kappa shape index (κ2) is 18.5. The van der Waals surface area contributed by atoms with E-state index in [1.165, 1.54) is 0 Å². The molecule has 0 aromatic rings. The van der Waals surface area contributed by atoms with Gasteiger partial charge in [0.2, 0.25) is 0 Å². The predicted molar refractivity (Wildman–Crippen MR) is 0 cm³/mol. The molecule has 1 radical (unpaired) electrons. The molecule has 27 valence electrons. The Labute approximate surface area is 73.0 Å². The van der Waals surface area contributed by atoms with Crippen LogP contribution >= 0.6 is 0 Å². The van der Waals surface area contributed by atoms with Crippen LogP contribution in [0.5, 0.6) is 0 Å². The van der Waals surface area contributed by atoms with Gasteiger partial charge >= 0.3 is 0 Å². The van der Waals surface area contributed by atoms with Crippen LogP contribution in [0.2, 0.25) is 0 Å². The van der Waals surface area contributed by atoms with Crippen molar-refractivity contribution < 1.29 is 73.8 Å². The van der Waals surface area contributed by atoms with Crippen LogP contribution in [0.3, 0.4) is 0 Å². The number of hydrogen-bond acceptors (Lipinski definition) is 0. The summed E-state index contributed by atoms with van der Waals surface area (Å²) in [6, 6.07) is 0. The molecule has 0 saturated carbocycles. The molecular weight excluding hydrogens is 279 g/mol. The Morgan fingerprint density at radius 3 is 1.00 bits per heavy atom. The van der Waals surface area contributed by atoms with Gasteiger partial charge in [0.05, 0.1) is 0 Å². The molecule has 0 aromatic carbocycles. The standard InChI is InChI=1S/Co.Mo.Ni.Zn. The second-order valence-electron chi connectivity index (χ2n) is 0. The molecule has 0 amide bonds. The molecule has 0 rings (SSSR count). The summed E-state index contributed by atoms with van der Waals surface area (Å²) in [4.78, 5) is 0. The molecule has 0 atom stereocenters. The van der Waals surface area contributed by atoms with Crippen molar-refractivity contribution in [2.45, 2.75) is 0 Å². The van der Waals surface area contributed by atoms with E-state index in [-0.39, 0.29) is 73.8 Å². The maximum Gasteiger partial charge on any atom is 0 e. The number of hydrogen-bond donors (Lipinski definition) is 0. The van der Waals surface area contributed by atoms with Crippen LogP contribution in [0.15, 0.2) is 0 Å². The molecule has 0 heterocycles. The zero-order valence-electron chi connectivity index (χ0n) is 1.76. The molecule has 0 unspecified atom stereocenters. The van der Waals surface area contributed by atoms with Gasteiger partial charge in [-0.1, -0.05) is 0 Å². The van der Waals surface area contributed by atoms with E-state index in [1.54, 1.807) is 0 Å². The molecule has 0 aliphatic heterocycles. The Morgan fingerprint density at radius 1 is 1.00 bits per heavy atom. The summed E-state index contributed by atoms with van der Waals surface area (Å²) in [5, 5.41) is 0. The van der Waals surface area contributed by atoms with E-state index in [2.05, 4.69) is 0 Å². The van der Waals surface area contributed by atoms with E-state index >= 15 is 0 Å². The van der Waals surface area contributed by atoms with Crippen LogP contribution in [-0.2, 0) is 73.8 Å². The molecule has 0 fully saturated rings. The molecule has 4 heavy (non-hydrogen) atoms. The smallest absolute Gasteiger partial charge is 0 e. The van der Waals surface area contributed by atoms with Gasteiger partial charge in [-0.15, -0.1) is 0 Å². The number of rotatable bonds is 0. The maximum absolute atomic E-state index is 0. The zero-order valence-corrected chi connectivity index (χ0v) is 8.77. The summed E-state index contributed by atoms with van der Waals surface area (Å²) in [6.07, 6.45) is 0. The molecule has 0 bridgehead atoms. The molecule has 4 heteroatoms. The fourth-order valence-corrected chi connectivity index (χ4v) is 0. The first-order chi connectivity index (χ1) is 0. The van der Waals surface area contributed by atoms with Crippen molar-refractivity contribution >= 4 is 0 Å². The van der Waals surface area contributed by atoms with Crippen LogP contribution < -0.4 is 0 Å². The average Bonchev–Trinajstić information content (AvgIpc) is 0. The Morgan fingerprint density at radius 2 is 1.00 bits per heavy atom. The van der Waals surface area contributed by atoms with Gasteiger partial charge in [-0.3, -0.25) is 0 Å². The van der Waals surface area contributed by atoms with Gasteiger partial charge in [-0.05, 0) is 0 Å². The van der Waals surface area contributed by atoms with Crippen molar-refractivity contribution in [1.29, 1.82) is 0 Å². The third-order valence-electron chi connectivity index (χ3n) is 0. The van der Waals surface area contributed by atoms with Gasteiger partial charge in [0.15, 0.2) is 0 Å². The van der Waals surface area contributed by atoms with Crippen LogP contribution in [0.4, 0.5) is 0 Å². The van der Waals surface area contributed by atoms with E-state index in [4.69, 9.17) is 0 Å². The topological polar surface area (TPSA) is 0 Å². The van der Waals surface area contributed by atoms with E-state index in [0.717, 1.165) is 0 Å². The summed E-state index contributed by atoms with van der Waals surface area (Å²) >= 11 is 0. The maximum atomic E-state index is 0. The fraction of sp³-hybridized carbons (Fsp3) is 0. The molecule has 0 aliphatic rings. The van der Waals surface area contributed by atoms with Gasteiger partial charge in [-0.25, -0.2) is 0 Å². The summed E-state index contributed by atoms with van der Waals surface area (Å²) in [7, 11) is 0. The monoisotopic (exact) mass is 279 g/mol. The van der Waals surface area contributed by atoms with Gasteiger partial charge in [-0.2, -0.15) is 0 Å². The van der Waals surface area contributed by atoms with Crippen molar-refractivity contribution in [1.82, 2.24) is 0 Å². The van der Waals surface area contributed by atoms with E-state index in [9.17, 15) is 0 Å². The molecule has 0 N–H and O–H groups in total. The van der Waals surface area contributed by atoms with Crippen molar-refractivity contribution in [3.05, 3.63) is 0 Å². The molecule has 0 spiro atoms. The Bertz CT molecular complexity index is 8.00. The van der Waals surface area contributed by atoms with Gasteiger partial charge < -0.3 is 0 Å². The molecular formula is CoMoNiZn. The van der Waals surface area contributed by atoms with Crippen LogP contribution in [0.25, 0.3) is 0 Å². The minimum Gasteiger partial charge on any atom is 0 e. The van der Waals surface area contributed by atoms with Crippen molar-refractivity contribution in [2.24, 2.45) is 0 Å². The normalized spacial score (nSPS) is 0. The summed E-state index contributed by atoms with van der Waals surface area (Å²) in [6.45, 7) is 0. The Hall–Kier alpha value is 2.31. The van der Waals surface area contributed by atoms with Crippen LogP contribution in [-0.4, -0.2) is 0 Å². The molecule has 0 aromatic heterocycles. The van der Waals surface area contributed by atoms with Crippen molar-refractivity contribution in [3.8, 4) is 0 Å². The first kappa shape index (κ1) is 33.3. The van der Waals surface area contributed by atoms with Crippen molar-refractivity contribution in [3.63, 3.8) is 0 Å². The van der Waals surface area contributed by atoms with Crippen LogP contribution in [0, 0.1) is 0 Å². The third-order valence-corrected chi connectivity index (χ3v) is 0. The van der Waals surface area contributed by atoms with Crippen molar-refractivity contribution in [2.75, 3.05) is 0 Å². The van der Waals surface area contributed by atoms with Gasteiger partial charge in [0.25, 0.3) is 0 Å². The van der Waals surface area contributed by atoms with E-state index in [1.807, 2.05) is 0 Å².